The van der Waals surface area contributed by atoms with E-state index in [-0.39, 0.29) is 17.7 Å². The molecule has 0 saturated carbocycles. The summed E-state index contributed by atoms with van der Waals surface area (Å²) < 4.78 is 14.9. The lowest BCUT2D eigenvalue weighted by molar-refractivity contribution is 0.212. The molecule has 0 saturated heterocycles. The van der Waals surface area contributed by atoms with Gasteiger partial charge < -0.3 is 5.11 Å². The zero-order valence-electron chi connectivity index (χ0n) is 14.6. The average Bonchev–Trinajstić information content (AvgIpc) is 2.99. The molecule has 0 bridgehead atoms. The van der Waals surface area contributed by atoms with Crippen LogP contribution in [0.3, 0.4) is 0 Å². The van der Waals surface area contributed by atoms with E-state index in [1.54, 1.807) is 18.3 Å². The van der Waals surface area contributed by atoms with E-state index in [1.807, 2.05) is 31.3 Å². The minimum atomic E-state index is -0.212. The lowest BCUT2D eigenvalue weighted by Crippen LogP contribution is -2.35. The molecule has 0 fully saturated rings. The van der Waals surface area contributed by atoms with Gasteiger partial charge in [0.2, 0.25) is 5.88 Å². The molecule has 4 rings (SSSR count). The second-order valence-corrected chi connectivity index (χ2v) is 6.79. The molecule has 6 heteroatoms. The van der Waals surface area contributed by atoms with Gasteiger partial charge >= 0.3 is 0 Å². The van der Waals surface area contributed by atoms with Crippen LogP contribution in [0, 0.1) is 5.82 Å². The molecule has 0 spiro atoms. The van der Waals surface area contributed by atoms with Gasteiger partial charge in [-0.1, -0.05) is 18.2 Å². The van der Waals surface area contributed by atoms with Crippen LogP contribution >= 0.6 is 0 Å². The second kappa shape index (κ2) is 6.88. The molecule has 0 aliphatic heterocycles. The summed E-state index contributed by atoms with van der Waals surface area (Å²) in [6.07, 6.45) is 4.17. The summed E-state index contributed by atoms with van der Waals surface area (Å²) in [5.41, 5.74) is 2.77. The van der Waals surface area contributed by atoms with E-state index in [2.05, 4.69) is 15.0 Å². The summed E-state index contributed by atoms with van der Waals surface area (Å²) in [7, 11) is 2.04. The summed E-state index contributed by atoms with van der Waals surface area (Å²) in [5.74, 6) is 0.572. The Kier molecular flexibility index (Phi) is 4.42. The van der Waals surface area contributed by atoms with Crippen molar-refractivity contribution < 1.29 is 9.50 Å². The van der Waals surface area contributed by atoms with Crippen molar-refractivity contribution in [3.05, 3.63) is 71.3 Å². The number of aromatic nitrogens is 3. The summed E-state index contributed by atoms with van der Waals surface area (Å²) in [5, 5.41) is 15.2. The minimum Gasteiger partial charge on any atom is -0.493 e. The number of benzene rings is 1. The van der Waals surface area contributed by atoms with Gasteiger partial charge in [0.15, 0.2) is 5.82 Å². The van der Waals surface area contributed by atoms with Gasteiger partial charge in [0.05, 0.1) is 5.69 Å². The van der Waals surface area contributed by atoms with Gasteiger partial charge in [-0.05, 0) is 56.1 Å². The SMILES string of the molecule is CN(Cc1cccc(F)c1)C1CCc2nn(-c3ccccn3)c(O)c2C1. The summed E-state index contributed by atoms with van der Waals surface area (Å²) in [6, 6.07) is 12.5. The van der Waals surface area contributed by atoms with Crippen molar-refractivity contribution in [2.45, 2.75) is 31.8 Å². The Balaban J connectivity index is 1.53. The molecule has 1 atom stereocenters. The standard InChI is InChI=1S/C20H21FN4O/c1-24(13-14-5-4-6-15(21)11-14)16-8-9-18-17(12-16)20(26)25(23-18)19-7-2-3-10-22-19/h2-7,10-11,16,26H,8-9,12-13H2,1H3. The molecule has 134 valence electrons. The molecule has 0 radical (unpaired) electrons. The Hall–Kier alpha value is -2.73. The Labute approximate surface area is 151 Å². The number of aromatic hydroxyl groups is 1. The normalized spacial score (nSPS) is 16.7. The molecule has 1 N–H and O–H groups in total. The summed E-state index contributed by atoms with van der Waals surface area (Å²) in [6.45, 7) is 0.674. The van der Waals surface area contributed by atoms with Gasteiger partial charge in [-0.2, -0.15) is 9.78 Å². The molecule has 5 nitrogen and oxygen atoms in total. The van der Waals surface area contributed by atoms with Crippen LogP contribution in [0.2, 0.25) is 0 Å². The molecule has 26 heavy (non-hydrogen) atoms. The minimum absolute atomic E-state index is 0.169. The molecule has 0 amide bonds. The maximum absolute atomic E-state index is 13.4. The molecular formula is C20H21FN4O. The van der Waals surface area contributed by atoms with Crippen LogP contribution in [0.15, 0.2) is 48.7 Å². The highest BCUT2D eigenvalue weighted by Gasteiger charge is 2.28. The van der Waals surface area contributed by atoms with Gasteiger partial charge in [-0.25, -0.2) is 9.37 Å². The first kappa shape index (κ1) is 16.7. The van der Waals surface area contributed by atoms with Crippen LogP contribution in [0.25, 0.3) is 5.82 Å². The van der Waals surface area contributed by atoms with Gasteiger partial charge in [0.25, 0.3) is 0 Å². The van der Waals surface area contributed by atoms with Crippen molar-refractivity contribution in [2.24, 2.45) is 0 Å². The topological polar surface area (TPSA) is 54.2 Å². The lowest BCUT2D eigenvalue weighted by atomic mass is 9.92. The lowest BCUT2D eigenvalue weighted by Gasteiger charge is -2.30. The van der Waals surface area contributed by atoms with E-state index in [9.17, 15) is 9.50 Å². The number of fused-ring (bicyclic) bond motifs is 1. The third-order valence-electron chi connectivity index (χ3n) is 5.00. The molecule has 3 aromatic rings. The molecule has 1 aliphatic carbocycles. The fraction of sp³-hybridized carbons (Fsp3) is 0.300. The van der Waals surface area contributed by atoms with Gasteiger partial charge in [-0.15, -0.1) is 0 Å². The zero-order valence-corrected chi connectivity index (χ0v) is 14.6. The van der Waals surface area contributed by atoms with E-state index >= 15 is 0 Å². The molecule has 2 aromatic heterocycles. The maximum Gasteiger partial charge on any atom is 0.219 e. The molecule has 2 heterocycles. The molecule has 1 unspecified atom stereocenters. The van der Waals surface area contributed by atoms with E-state index in [0.717, 1.165) is 36.1 Å². The second-order valence-electron chi connectivity index (χ2n) is 6.79. The van der Waals surface area contributed by atoms with Crippen LogP contribution in [0.4, 0.5) is 4.39 Å². The fourth-order valence-corrected chi connectivity index (χ4v) is 3.60. The first-order chi connectivity index (χ1) is 12.6. The maximum atomic E-state index is 13.4. The van der Waals surface area contributed by atoms with Crippen LogP contribution < -0.4 is 0 Å². The number of likely N-dealkylation sites (N-methyl/N-ethyl adjacent to an activating group) is 1. The Morgan fingerprint density at radius 3 is 2.92 bits per heavy atom. The number of halogens is 1. The Morgan fingerprint density at radius 2 is 2.15 bits per heavy atom. The predicted molar refractivity (Wildman–Crippen MR) is 96.7 cm³/mol. The van der Waals surface area contributed by atoms with Gasteiger partial charge in [0, 0.05) is 24.3 Å². The average molecular weight is 352 g/mol. The van der Waals surface area contributed by atoms with Crippen LogP contribution in [-0.2, 0) is 19.4 Å². The largest absolute Gasteiger partial charge is 0.493 e. The van der Waals surface area contributed by atoms with Crippen molar-refractivity contribution in [3.63, 3.8) is 0 Å². The summed E-state index contributed by atoms with van der Waals surface area (Å²) in [4.78, 5) is 6.48. The highest BCUT2D eigenvalue weighted by molar-refractivity contribution is 5.39. The molecular weight excluding hydrogens is 331 g/mol. The Morgan fingerprint density at radius 1 is 1.27 bits per heavy atom. The number of aryl methyl sites for hydroxylation is 1. The van der Waals surface area contributed by atoms with E-state index in [4.69, 9.17) is 0 Å². The van der Waals surface area contributed by atoms with Crippen LogP contribution in [0.5, 0.6) is 5.88 Å². The number of hydrogen-bond acceptors (Lipinski definition) is 4. The number of pyridine rings is 1. The van der Waals surface area contributed by atoms with E-state index in [1.165, 1.54) is 10.7 Å². The van der Waals surface area contributed by atoms with Crippen LogP contribution in [0.1, 0.15) is 23.2 Å². The third kappa shape index (κ3) is 3.20. The third-order valence-corrected chi connectivity index (χ3v) is 5.00. The first-order valence-corrected chi connectivity index (χ1v) is 8.77. The van der Waals surface area contributed by atoms with Crippen LogP contribution in [-0.4, -0.2) is 37.9 Å². The van der Waals surface area contributed by atoms with Gasteiger partial charge in [-0.3, -0.25) is 4.90 Å². The fourth-order valence-electron chi connectivity index (χ4n) is 3.60. The zero-order chi connectivity index (χ0) is 18.1. The van der Waals surface area contributed by atoms with Crippen molar-refractivity contribution in [1.82, 2.24) is 19.7 Å². The van der Waals surface area contributed by atoms with Crippen molar-refractivity contribution in [2.75, 3.05) is 7.05 Å². The highest BCUT2D eigenvalue weighted by Crippen LogP contribution is 2.32. The monoisotopic (exact) mass is 352 g/mol. The van der Waals surface area contributed by atoms with Crippen molar-refractivity contribution in [1.29, 1.82) is 0 Å². The van der Waals surface area contributed by atoms with Gasteiger partial charge in [0.1, 0.15) is 5.82 Å². The molecule has 1 aliphatic rings. The number of nitrogens with zero attached hydrogens (tertiary/aromatic N) is 4. The molecule has 1 aromatic carbocycles. The smallest absolute Gasteiger partial charge is 0.219 e. The van der Waals surface area contributed by atoms with E-state index < -0.39 is 0 Å². The van der Waals surface area contributed by atoms with Crippen molar-refractivity contribution >= 4 is 0 Å². The van der Waals surface area contributed by atoms with Crippen molar-refractivity contribution in [3.8, 4) is 11.7 Å². The quantitative estimate of drug-likeness (QED) is 0.784. The Bertz CT molecular complexity index is 909. The first-order valence-electron chi connectivity index (χ1n) is 8.77. The number of rotatable bonds is 4. The highest BCUT2D eigenvalue weighted by atomic mass is 19.1. The predicted octanol–water partition coefficient (Wildman–Crippen LogP) is 3.10. The summed E-state index contributed by atoms with van der Waals surface area (Å²) >= 11 is 0. The van der Waals surface area contributed by atoms with E-state index in [0.29, 0.717) is 12.4 Å². The number of hydrogen-bond donors (Lipinski definition) is 1.